The summed E-state index contributed by atoms with van der Waals surface area (Å²) in [4.78, 5) is 16.3. The quantitative estimate of drug-likeness (QED) is 0.630. The highest BCUT2D eigenvalue weighted by atomic mass is 32.2. The van der Waals surface area contributed by atoms with Crippen molar-refractivity contribution in [3.05, 3.63) is 65.7 Å². The average molecular weight is 429 g/mol. The number of aromatic nitrogens is 1. The van der Waals surface area contributed by atoms with Gasteiger partial charge in [-0.2, -0.15) is 0 Å². The summed E-state index contributed by atoms with van der Waals surface area (Å²) >= 11 is 1.54. The van der Waals surface area contributed by atoms with E-state index in [0.29, 0.717) is 18.7 Å². The van der Waals surface area contributed by atoms with Crippen LogP contribution in [0.2, 0.25) is 0 Å². The van der Waals surface area contributed by atoms with Crippen LogP contribution in [0, 0.1) is 0 Å². The first kappa shape index (κ1) is 19.4. The third kappa shape index (κ3) is 4.41. The van der Waals surface area contributed by atoms with Crippen molar-refractivity contribution in [2.24, 2.45) is 0 Å². The van der Waals surface area contributed by atoms with Gasteiger partial charge in [0, 0.05) is 35.9 Å². The van der Waals surface area contributed by atoms with E-state index in [-0.39, 0.29) is 12.3 Å². The third-order valence-electron chi connectivity index (χ3n) is 4.65. The molecule has 0 aliphatic carbocycles. The third-order valence-corrected chi connectivity index (χ3v) is 7.24. The fraction of sp³-hybridized carbons (Fsp3) is 0.200. The van der Waals surface area contributed by atoms with Crippen LogP contribution in [0.4, 0.5) is 16.2 Å². The van der Waals surface area contributed by atoms with Crippen molar-refractivity contribution >= 4 is 38.8 Å². The summed E-state index contributed by atoms with van der Waals surface area (Å²) in [6.45, 7) is 0.476. The fourth-order valence-corrected chi connectivity index (χ4v) is 5.31. The number of urea groups is 1. The van der Waals surface area contributed by atoms with Crippen LogP contribution in [0.3, 0.4) is 0 Å². The lowest BCUT2D eigenvalue weighted by Crippen LogP contribution is -2.38. The van der Waals surface area contributed by atoms with Crippen LogP contribution in [0.15, 0.2) is 60.1 Å². The van der Waals surface area contributed by atoms with Crippen molar-refractivity contribution in [1.29, 1.82) is 0 Å². The minimum absolute atomic E-state index is 0.0318. The van der Waals surface area contributed by atoms with Gasteiger partial charge in [-0.15, -0.1) is 11.3 Å². The largest absolute Gasteiger partial charge is 0.337 e. The minimum Gasteiger partial charge on any atom is -0.337 e. The van der Waals surface area contributed by atoms with Crippen LogP contribution < -0.4 is 14.9 Å². The maximum Gasteiger partial charge on any atom is 0.319 e. The van der Waals surface area contributed by atoms with Gasteiger partial charge >= 0.3 is 6.03 Å². The molecule has 0 saturated carbocycles. The average Bonchev–Trinajstić information content (AvgIpc) is 3.39. The predicted molar refractivity (Wildman–Crippen MR) is 116 cm³/mol. The molecule has 29 heavy (non-hydrogen) atoms. The second kappa shape index (κ2) is 8.22. The number of thiazole rings is 1. The Labute approximate surface area is 173 Å². The molecule has 0 bridgehead atoms. The zero-order chi connectivity index (χ0) is 20.3. The van der Waals surface area contributed by atoms with E-state index in [9.17, 15) is 13.2 Å². The molecule has 9 heteroatoms. The number of sulfonamides is 1. The predicted octanol–water partition coefficient (Wildman–Crippen LogP) is 3.32. The number of rotatable bonds is 6. The molecule has 150 valence electrons. The summed E-state index contributed by atoms with van der Waals surface area (Å²) in [7, 11) is -3.49. The maximum atomic E-state index is 12.6. The van der Waals surface area contributed by atoms with Crippen molar-refractivity contribution in [2.75, 3.05) is 28.5 Å². The van der Waals surface area contributed by atoms with Crippen LogP contribution in [0.25, 0.3) is 10.6 Å². The lowest BCUT2D eigenvalue weighted by Gasteiger charge is -2.19. The van der Waals surface area contributed by atoms with Gasteiger partial charge in [0.1, 0.15) is 5.01 Å². The van der Waals surface area contributed by atoms with Crippen molar-refractivity contribution in [3.63, 3.8) is 0 Å². The first-order chi connectivity index (χ1) is 14.0. The lowest BCUT2D eigenvalue weighted by molar-refractivity contribution is 0.252. The summed E-state index contributed by atoms with van der Waals surface area (Å²) in [6.07, 6.45) is 2.45. The van der Waals surface area contributed by atoms with E-state index in [1.54, 1.807) is 29.7 Å². The highest BCUT2D eigenvalue weighted by Crippen LogP contribution is 2.29. The molecule has 0 atom stereocenters. The van der Waals surface area contributed by atoms with Gasteiger partial charge in [-0.1, -0.05) is 18.2 Å². The van der Waals surface area contributed by atoms with Crippen LogP contribution in [0.5, 0.6) is 0 Å². The van der Waals surface area contributed by atoms with Gasteiger partial charge in [0.15, 0.2) is 0 Å². The maximum absolute atomic E-state index is 12.6. The Morgan fingerprint density at radius 3 is 2.69 bits per heavy atom. The number of fused-ring (bicyclic) bond motifs is 1. The van der Waals surface area contributed by atoms with Crippen LogP contribution in [-0.4, -0.2) is 38.3 Å². The summed E-state index contributed by atoms with van der Waals surface area (Å²) in [5.74, 6) is -0.155. The van der Waals surface area contributed by atoms with E-state index in [4.69, 9.17) is 0 Å². The van der Waals surface area contributed by atoms with E-state index in [0.717, 1.165) is 21.8 Å². The van der Waals surface area contributed by atoms with E-state index >= 15 is 0 Å². The molecule has 4 rings (SSSR count). The second-order valence-electron chi connectivity index (χ2n) is 6.56. The van der Waals surface area contributed by atoms with Gasteiger partial charge in [0.25, 0.3) is 0 Å². The van der Waals surface area contributed by atoms with Gasteiger partial charge in [-0.25, -0.2) is 18.2 Å². The molecule has 2 heterocycles. The van der Waals surface area contributed by atoms with Crippen molar-refractivity contribution in [2.45, 2.75) is 6.42 Å². The molecule has 0 saturated heterocycles. The van der Waals surface area contributed by atoms with Gasteiger partial charge in [0.2, 0.25) is 10.0 Å². The lowest BCUT2D eigenvalue weighted by atomic mass is 10.2. The molecule has 0 radical (unpaired) electrons. The Kier molecular flexibility index (Phi) is 5.50. The first-order valence-electron chi connectivity index (χ1n) is 9.16. The Bertz CT molecular complexity index is 1100. The topological polar surface area (TPSA) is 91.4 Å². The van der Waals surface area contributed by atoms with E-state index < -0.39 is 16.1 Å². The number of amides is 2. The molecular weight excluding hydrogens is 408 g/mol. The monoisotopic (exact) mass is 428 g/mol. The van der Waals surface area contributed by atoms with Gasteiger partial charge < -0.3 is 10.6 Å². The smallest absolute Gasteiger partial charge is 0.319 e. The molecule has 1 aliphatic heterocycles. The number of carbonyl (C=O) groups excluding carboxylic acids is 1. The molecule has 7 nitrogen and oxygen atoms in total. The second-order valence-corrected chi connectivity index (χ2v) is 9.47. The van der Waals surface area contributed by atoms with E-state index in [1.807, 2.05) is 41.8 Å². The van der Waals surface area contributed by atoms with Crippen molar-refractivity contribution < 1.29 is 13.2 Å². The number of carbonyl (C=O) groups is 1. The molecule has 2 N–H and O–H groups in total. The highest BCUT2D eigenvalue weighted by Gasteiger charge is 2.28. The van der Waals surface area contributed by atoms with Gasteiger partial charge in [0.05, 0.1) is 11.4 Å². The molecule has 2 amide bonds. The van der Waals surface area contributed by atoms with Crippen molar-refractivity contribution in [3.8, 4) is 10.6 Å². The number of para-hydroxylation sites is 1. The van der Waals surface area contributed by atoms with Crippen molar-refractivity contribution in [1.82, 2.24) is 10.3 Å². The molecule has 1 aromatic heterocycles. The Balaban J connectivity index is 1.29. The van der Waals surface area contributed by atoms with Crippen LogP contribution >= 0.6 is 11.3 Å². The van der Waals surface area contributed by atoms with Gasteiger partial charge in [-0.3, -0.25) is 4.31 Å². The van der Waals surface area contributed by atoms with E-state index in [1.165, 1.54) is 4.31 Å². The normalized spacial score (nSPS) is 13.2. The molecule has 0 unspecified atom stereocenters. The summed E-state index contributed by atoms with van der Waals surface area (Å²) in [5.41, 5.74) is 3.36. The number of hydrogen-bond acceptors (Lipinski definition) is 5. The minimum atomic E-state index is -3.49. The number of nitrogens with one attached hydrogen (secondary N) is 2. The Hall–Kier alpha value is -2.91. The van der Waals surface area contributed by atoms with E-state index in [2.05, 4.69) is 15.6 Å². The molecule has 0 spiro atoms. The number of anilines is 2. The standard InChI is InChI=1S/C20H20N4O3S2/c25-20(23-17-7-5-16(6-8-17)19-21-10-13-28-19)22-11-14-29(26,27)24-12-9-15-3-1-2-4-18(15)24/h1-8,10,13H,9,11-12,14H2,(H2,22,23,25). The zero-order valence-electron chi connectivity index (χ0n) is 15.5. The Morgan fingerprint density at radius 2 is 1.93 bits per heavy atom. The number of nitrogens with zero attached hydrogens (tertiary/aromatic N) is 2. The summed E-state index contributed by atoms with van der Waals surface area (Å²) in [5, 5.41) is 8.14. The van der Waals surface area contributed by atoms with Crippen LogP contribution in [0.1, 0.15) is 5.56 Å². The SMILES string of the molecule is O=C(NCCS(=O)(=O)N1CCc2ccccc21)Nc1ccc(-c2nccs2)cc1. The molecular formula is C20H20N4O3S2. The zero-order valence-corrected chi connectivity index (χ0v) is 17.2. The first-order valence-corrected chi connectivity index (χ1v) is 11.6. The van der Waals surface area contributed by atoms with Crippen LogP contribution in [-0.2, 0) is 16.4 Å². The molecule has 1 aliphatic rings. The highest BCUT2D eigenvalue weighted by molar-refractivity contribution is 7.92. The fourth-order valence-electron chi connectivity index (χ4n) is 3.24. The molecule has 2 aromatic carbocycles. The Morgan fingerprint density at radius 1 is 1.14 bits per heavy atom. The number of benzene rings is 2. The molecule has 3 aromatic rings. The van der Waals surface area contributed by atoms with Gasteiger partial charge in [-0.05, 0) is 42.3 Å². The molecule has 0 fully saturated rings. The summed E-state index contributed by atoms with van der Waals surface area (Å²) in [6, 6.07) is 14.4. The summed E-state index contributed by atoms with van der Waals surface area (Å²) < 4.78 is 26.7. The number of hydrogen-bond donors (Lipinski definition) is 2.